The molecule has 0 amide bonds. The second kappa shape index (κ2) is 5.52. The SMILES string of the molecule is CC1CC(C)CN(S(=O)(=O)c2ccc3[nH]c(=O)ccc3c2)C1. The molecule has 1 N–H and O–H groups in total. The quantitative estimate of drug-likeness (QED) is 0.922. The predicted octanol–water partition coefficient (Wildman–Crippen LogP) is 2.19. The van der Waals surface area contributed by atoms with Crippen molar-refractivity contribution in [2.45, 2.75) is 25.2 Å². The minimum atomic E-state index is -3.49. The summed E-state index contributed by atoms with van der Waals surface area (Å²) in [7, 11) is -3.49. The first kappa shape index (κ1) is 15.2. The fourth-order valence-electron chi connectivity index (χ4n) is 3.24. The molecule has 0 saturated carbocycles. The molecule has 3 rings (SSSR count). The zero-order valence-corrected chi connectivity index (χ0v) is 13.6. The minimum absolute atomic E-state index is 0.193. The summed E-state index contributed by atoms with van der Waals surface area (Å²) in [4.78, 5) is 14.3. The molecule has 0 radical (unpaired) electrons. The molecule has 0 bridgehead atoms. The Kier molecular flexibility index (Phi) is 3.82. The molecule has 6 heteroatoms. The maximum absolute atomic E-state index is 12.8. The second-order valence-electron chi connectivity index (χ2n) is 6.34. The Morgan fingerprint density at radius 1 is 1.09 bits per heavy atom. The summed E-state index contributed by atoms with van der Waals surface area (Å²) in [5, 5.41) is 0.721. The van der Waals surface area contributed by atoms with Gasteiger partial charge in [-0.1, -0.05) is 13.8 Å². The highest BCUT2D eigenvalue weighted by atomic mass is 32.2. The fourth-order valence-corrected chi connectivity index (χ4v) is 4.96. The lowest BCUT2D eigenvalue weighted by Crippen LogP contribution is -2.42. The average Bonchev–Trinajstić information content (AvgIpc) is 2.45. The number of H-pyrrole nitrogens is 1. The van der Waals surface area contributed by atoms with E-state index in [1.165, 1.54) is 6.07 Å². The number of piperidine rings is 1. The number of sulfonamides is 1. The van der Waals surface area contributed by atoms with Gasteiger partial charge in [0.15, 0.2) is 0 Å². The van der Waals surface area contributed by atoms with Crippen LogP contribution in [0.4, 0.5) is 0 Å². The summed E-state index contributed by atoms with van der Waals surface area (Å²) < 4.78 is 27.3. The standard InChI is InChI=1S/C16H20N2O3S/c1-11-7-12(2)10-18(9-11)22(20,21)14-4-5-15-13(8-14)3-6-16(19)17-15/h3-6,8,11-12H,7,9-10H2,1-2H3,(H,17,19). The highest BCUT2D eigenvalue weighted by Crippen LogP contribution is 2.27. The summed E-state index contributed by atoms with van der Waals surface area (Å²) in [6, 6.07) is 7.90. The number of hydrogen-bond donors (Lipinski definition) is 1. The first-order valence-corrected chi connectivity index (χ1v) is 8.93. The number of aromatic amines is 1. The molecule has 1 aromatic carbocycles. The van der Waals surface area contributed by atoms with Gasteiger partial charge < -0.3 is 4.98 Å². The van der Waals surface area contributed by atoms with Crippen molar-refractivity contribution in [2.75, 3.05) is 13.1 Å². The van der Waals surface area contributed by atoms with Gasteiger partial charge in [-0.2, -0.15) is 4.31 Å². The molecule has 5 nitrogen and oxygen atoms in total. The van der Waals surface area contributed by atoms with Crippen molar-refractivity contribution in [2.24, 2.45) is 11.8 Å². The van der Waals surface area contributed by atoms with Crippen molar-refractivity contribution in [1.82, 2.24) is 9.29 Å². The topological polar surface area (TPSA) is 70.2 Å². The van der Waals surface area contributed by atoms with Gasteiger partial charge in [-0.15, -0.1) is 0 Å². The highest BCUT2D eigenvalue weighted by molar-refractivity contribution is 7.89. The number of aromatic nitrogens is 1. The van der Waals surface area contributed by atoms with Crippen LogP contribution in [0.3, 0.4) is 0 Å². The van der Waals surface area contributed by atoms with Gasteiger partial charge in [0.1, 0.15) is 0 Å². The Bertz CT molecular complexity index is 847. The molecule has 2 unspecified atom stereocenters. The normalized spacial score (nSPS) is 23.7. The van der Waals surface area contributed by atoms with E-state index in [1.807, 2.05) is 0 Å². The zero-order valence-electron chi connectivity index (χ0n) is 12.7. The summed E-state index contributed by atoms with van der Waals surface area (Å²) in [6.07, 6.45) is 1.06. The van der Waals surface area contributed by atoms with Crippen molar-refractivity contribution in [3.8, 4) is 0 Å². The molecule has 0 aliphatic carbocycles. The summed E-state index contributed by atoms with van der Waals surface area (Å²) >= 11 is 0. The van der Waals surface area contributed by atoms with E-state index in [2.05, 4.69) is 18.8 Å². The maximum atomic E-state index is 12.8. The molecular formula is C16H20N2O3S. The Morgan fingerprint density at radius 2 is 1.77 bits per heavy atom. The summed E-state index contributed by atoms with van der Waals surface area (Å²) in [5.74, 6) is 0.741. The molecule has 1 saturated heterocycles. The van der Waals surface area contributed by atoms with Crippen molar-refractivity contribution in [1.29, 1.82) is 0 Å². The van der Waals surface area contributed by atoms with E-state index in [9.17, 15) is 13.2 Å². The second-order valence-corrected chi connectivity index (χ2v) is 8.28. The van der Waals surface area contributed by atoms with E-state index in [4.69, 9.17) is 0 Å². The third-order valence-corrected chi connectivity index (χ3v) is 6.00. The van der Waals surface area contributed by atoms with Crippen LogP contribution in [-0.2, 0) is 10.0 Å². The fraction of sp³-hybridized carbons (Fsp3) is 0.438. The molecular weight excluding hydrogens is 300 g/mol. The zero-order chi connectivity index (χ0) is 15.9. The molecule has 1 aromatic heterocycles. The van der Waals surface area contributed by atoms with Gasteiger partial charge in [-0.3, -0.25) is 4.79 Å². The minimum Gasteiger partial charge on any atom is -0.322 e. The van der Waals surface area contributed by atoms with Crippen LogP contribution in [-0.4, -0.2) is 30.8 Å². The van der Waals surface area contributed by atoms with Gasteiger partial charge in [-0.05, 0) is 47.9 Å². The lowest BCUT2D eigenvalue weighted by atomic mass is 9.94. The maximum Gasteiger partial charge on any atom is 0.248 e. The number of benzene rings is 1. The van der Waals surface area contributed by atoms with Crippen LogP contribution in [0.2, 0.25) is 0 Å². The first-order valence-electron chi connectivity index (χ1n) is 7.49. The Morgan fingerprint density at radius 3 is 2.45 bits per heavy atom. The Balaban J connectivity index is 2.01. The van der Waals surface area contributed by atoms with Gasteiger partial charge in [0, 0.05) is 24.7 Å². The van der Waals surface area contributed by atoms with Crippen LogP contribution in [0.1, 0.15) is 20.3 Å². The van der Waals surface area contributed by atoms with E-state index >= 15 is 0 Å². The van der Waals surface area contributed by atoms with E-state index in [1.54, 1.807) is 28.6 Å². The van der Waals surface area contributed by atoms with E-state index in [-0.39, 0.29) is 10.5 Å². The molecule has 0 spiro atoms. The molecule has 2 aromatic rings. The Labute approximate surface area is 130 Å². The van der Waals surface area contributed by atoms with Crippen LogP contribution in [0, 0.1) is 11.8 Å². The summed E-state index contributed by atoms with van der Waals surface area (Å²) in [6.45, 7) is 5.30. The number of hydrogen-bond acceptors (Lipinski definition) is 3. The van der Waals surface area contributed by atoms with E-state index in [0.29, 0.717) is 30.4 Å². The van der Waals surface area contributed by atoms with Crippen LogP contribution in [0.5, 0.6) is 0 Å². The van der Waals surface area contributed by atoms with E-state index in [0.717, 1.165) is 11.8 Å². The molecule has 22 heavy (non-hydrogen) atoms. The molecule has 1 aliphatic heterocycles. The largest absolute Gasteiger partial charge is 0.322 e. The van der Waals surface area contributed by atoms with Crippen molar-refractivity contribution >= 4 is 20.9 Å². The predicted molar refractivity (Wildman–Crippen MR) is 86.3 cm³/mol. The summed E-state index contributed by atoms with van der Waals surface area (Å²) in [5.41, 5.74) is 0.452. The molecule has 2 atom stereocenters. The van der Waals surface area contributed by atoms with Crippen LogP contribution in [0.25, 0.3) is 10.9 Å². The van der Waals surface area contributed by atoms with Crippen LogP contribution >= 0.6 is 0 Å². The first-order chi connectivity index (χ1) is 10.4. The van der Waals surface area contributed by atoms with Gasteiger partial charge in [0.05, 0.1) is 4.90 Å². The average molecular weight is 320 g/mol. The number of nitrogens with one attached hydrogen (secondary N) is 1. The van der Waals surface area contributed by atoms with E-state index < -0.39 is 10.0 Å². The lowest BCUT2D eigenvalue weighted by molar-refractivity contribution is 0.222. The highest BCUT2D eigenvalue weighted by Gasteiger charge is 2.31. The monoisotopic (exact) mass is 320 g/mol. The third-order valence-electron chi connectivity index (χ3n) is 4.17. The van der Waals surface area contributed by atoms with Crippen LogP contribution in [0.15, 0.2) is 40.0 Å². The number of nitrogens with zero attached hydrogens (tertiary/aromatic N) is 1. The van der Waals surface area contributed by atoms with Gasteiger partial charge in [-0.25, -0.2) is 8.42 Å². The Hall–Kier alpha value is -1.66. The number of fused-ring (bicyclic) bond motifs is 1. The van der Waals surface area contributed by atoms with Gasteiger partial charge in [0.25, 0.3) is 0 Å². The third kappa shape index (κ3) is 2.80. The van der Waals surface area contributed by atoms with Gasteiger partial charge in [0.2, 0.25) is 15.6 Å². The van der Waals surface area contributed by atoms with Gasteiger partial charge >= 0.3 is 0 Å². The van der Waals surface area contributed by atoms with Crippen molar-refractivity contribution in [3.63, 3.8) is 0 Å². The van der Waals surface area contributed by atoms with Crippen molar-refractivity contribution < 1.29 is 8.42 Å². The molecule has 2 heterocycles. The van der Waals surface area contributed by atoms with Crippen molar-refractivity contribution in [3.05, 3.63) is 40.7 Å². The van der Waals surface area contributed by atoms with Crippen LogP contribution < -0.4 is 5.56 Å². The number of pyridine rings is 1. The molecule has 1 aliphatic rings. The number of rotatable bonds is 2. The molecule has 118 valence electrons. The lowest BCUT2D eigenvalue weighted by Gasteiger charge is -2.34. The molecule has 1 fully saturated rings. The smallest absolute Gasteiger partial charge is 0.248 e.